The fourth-order valence-electron chi connectivity index (χ4n) is 2.16. The van der Waals surface area contributed by atoms with E-state index in [2.05, 4.69) is 26.0 Å². The molecule has 8 nitrogen and oxygen atoms in total. The third kappa shape index (κ3) is 3.11. The number of hydrogen-bond acceptors (Lipinski definition) is 4. The number of nitro benzene ring substituents is 1. The summed E-state index contributed by atoms with van der Waals surface area (Å²) >= 11 is 3.10. The zero-order valence-electron chi connectivity index (χ0n) is 10.6. The Bertz CT molecular complexity index is 662. The molecule has 1 heterocycles. The first-order chi connectivity index (χ1) is 9.93. The molecule has 0 aliphatic carbocycles. The van der Waals surface area contributed by atoms with Crippen LogP contribution in [0.25, 0.3) is 10.4 Å². The van der Waals surface area contributed by atoms with Crippen molar-refractivity contribution in [2.45, 2.75) is 6.42 Å². The highest BCUT2D eigenvalue weighted by atomic mass is 79.9. The summed E-state index contributed by atoms with van der Waals surface area (Å²) in [5.74, 6) is -1.40. The second-order valence-electron chi connectivity index (χ2n) is 4.50. The number of nitrogens with zero attached hydrogens (tertiary/aromatic N) is 5. The molecule has 0 spiro atoms. The topological polar surface area (TPSA) is 112 Å². The van der Waals surface area contributed by atoms with Crippen LogP contribution in [0, 0.1) is 21.8 Å². The first-order valence-electron chi connectivity index (χ1n) is 5.88. The van der Waals surface area contributed by atoms with Crippen molar-refractivity contribution in [3.63, 3.8) is 0 Å². The van der Waals surface area contributed by atoms with Crippen LogP contribution >= 0.6 is 15.9 Å². The van der Waals surface area contributed by atoms with E-state index in [1.165, 1.54) is 4.90 Å². The Morgan fingerprint density at radius 3 is 2.95 bits per heavy atom. The average Bonchev–Trinajstić information content (AvgIpc) is 2.77. The molecule has 1 saturated heterocycles. The summed E-state index contributed by atoms with van der Waals surface area (Å²) in [6.07, 6.45) is 0.177. The van der Waals surface area contributed by atoms with E-state index in [4.69, 9.17) is 5.53 Å². The molecule has 1 atom stereocenters. The van der Waals surface area contributed by atoms with Gasteiger partial charge in [0.25, 0.3) is 0 Å². The quantitative estimate of drug-likeness (QED) is 0.271. The second-order valence-corrected chi connectivity index (χ2v) is 5.35. The lowest BCUT2D eigenvalue weighted by Gasteiger charge is -2.18. The summed E-state index contributed by atoms with van der Waals surface area (Å²) in [6.45, 7) is 0.429. The molecule has 0 aromatic heterocycles. The monoisotopic (exact) mass is 357 g/mol. The van der Waals surface area contributed by atoms with Crippen LogP contribution in [0.2, 0.25) is 0 Å². The van der Waals surface area contributed by atoms with Crippen LogP contribution in [0.3, 0.4) is 0 Å². The van der Waals surface area contributed by atoms with Gasteiger partial charge in [-0.05, 0) is 33.4 Å². The molecule has 1 amide bonds. The van der Waals surface area contributed by atoms with Gasteiger partial charge in [0.2, 0.25) is 11.7 Å². The van der Waals surface area contributed by atoms with Crippen LogP contribution in [0.4, 0.5) is 15.8 Å². The Hall–Kier alpha value is -2.19. The van der Waals surface area contributed by atoms with E-state index in [1.54, 1.807) is 0 Å². The minimum Gasteiger partial charge on any atom is -0.311 e. The van der Waals surface area contributed by atoms with E-state index >= 15 is 0 Å². The zero-order chi connectivity index (χ0) is 15.6. The SMILES string of the molecule is [N-]=[N+]=NCC1CC(=O)N(c2cc([N+](=O)[O-])c(F)cc2Br)C1. The molecule has 0 N–H and O–H groups in total. The molecule has 0 bridgehead atoms. The van der Waals surface area contributed by atoms with E-state index in [-0.39, 0.29) is 41.5 Å². The minimum atomic E-state index is -0.979. The number of hydrogen-bond donors (Lipinski definition) is 0. The van der Waals surface area contributed by atoms with Gasteiger partial charge in [0, 0.05) is 35.0 Å². The normalized spacial score (nSPS) is 17.7. The largest absolute Gasteiger partial charge is 0.311 e. The van der Waals surface area contributed by atoms with Crippen LogP contribution in [0.5, 0.6) is 0 Å². The van der Waals surface area contributed by atoms with Gasteiger partial charge in [-0.3, -0.25) is 14.9 Å². The highest BCUT2D eigenvalue weighted by molar-refractivity contribution is 9.10. The number of carbonyl (C=O) groups is 1. The third-order valence-corrected chi connectivity index (χ3v) is 3.75. The van der Waals surface area contributed by atoms with E-state index in [0.29, 0.717) is 0 Å². The Kier molecular flexibility index (Phi) is 4.39. The predicted octanol–water partition coefficient (Wildman–Crippen LogP) is 3.16. The van der Waals surface area contributed by atoms with Crippen molar-refractivity contribution < 1.29 is 14.1 Å². The summed E-state index contributed by atoms with van der Waals surface area (Å²) in [6, 6.07) is 1.98. The van der Waals surface area contributed by atoms with E-state index < -0.39 is 16.4 Å². The Morgan fingerprint density at radius 1 is 1.62 bits per heavy atom. The second kappa shape index (κ2) is 6.06. The molecule has 1 fully saturated rings. The lowest BCUT2D eigenvalue weighted by molar-refractivity contribution is -0.387. The molecule has 2 rings (SSSR count). The third-order valence-electron chi connectivity index (χ3n) is 3.11. The highest BCUT2D eigenvalue weighted by Crippen LogP contribution is 2.36. The Balaban J connectivity index is 2.33. The van der Waals surface area contributed by atoms with E-state index in [9.17, 15) is 19.3 Å². The molecule has 1 unspecified atom stereocenters. The standard InChI is InChI=1S/C11H9BrFN5O3/c12-7-2-8(13)10(18(20)21)3-9(7)17-5-6(1-11(17)19)4-15-16-14/h2-3,6H,1,4-5H2. The molecule has 0 saturated carbocycles. The van der Waals surface area contributed by atoms with Crippen LogP contribution in [0.1, 0.15) is 6.42 Å². The fourth-order valence-corrected chi connectivity index (χ4v) is 2.69. The van der Waals surface area contributed by atoms with Crippen LogP contribution in [0.15, 0.2) is 21.7 Å². The molecule has 1 aliphatic rings. The van der Waals surface area contributed by atoms with Crippen molar-refractivity contribution in [2.24, 2.45) is 11.0 Å². The summed E-state index contributed by atoms with van der Waals surface area (Å²) < 4.78 is 13.7. The van der Waals surface area contributed by atoms with Gasteiger partial charge >= 0.3 is 5.69 Å². The van der Waals surface area contributed by atoms with Crippen molar-refractivity contribution in [1.29, 1.82) is 0 Å². The molecule has 110 valence electrons. The number of azide groups is 1. The maximum atomic E-state index is 13.5. The van der Waals surface area contributed by atoms with Gasteiger partial charge in [-0.25, -0.2) is 0 Å². The lowest BCUT2D eigenvalue weighted by atomic mass is 10.1. The first-order valence-corrected chi connectivity index (χ1v) is 6.68. The van der Waals surface area contributed by atoms with E-state index in [1.807, 2.05) is 0 Å². The highest BCUT2D eigenvalue weighted by Gasteiger charge is 2.32. The zero-order valence-corrected chi connectivity index (χ0v) is 12.2. The maximum absolute atomic E-state index is 13.5. The van der Waals surface area contributed by atoms with Gasteiger partial charge in [-0.1, -0.05) is 5.11 Å². The fraction of sp³-hybridized carbons (Fsp3) is 0.364. The molecular formula is C11H9BrFN5O3. The number of carbonyl (C=O) groups excluding carboxylic acids is 1. The van der Waals surface area contributed by atoms with Crippen LogP contribution in [-0.4, -0.2) is 23.9 Å². The Labute approximate surface area is 126 Å². The molecule has 1 aliphatic heterocycles. The van der Waals surface area contributed by atoms with Crippen molar-refractivity contribution in [1.82, 2.24) is 0 Å². The number of nitro groups is 1. The van der Waals surface area contributed by atoms with Gasteiger partial charge in [0.1, 0.15) is 0 Å². The Morgan fingerprint density at radius 2 is 2.33 bits per heavy atom. The van der Waals surface area contributed by atoms with Gasteiger partial charge in [-0.15, -0.1) is 0 Å². The van der Waals surface area contributed by atoms with Crippen LogP contribution < -0.4 is 4.90 Å². The van der Waals surface area contributed by atoms with Crippen LogP contribution in [-0.2, 0) is 4.79 Å². The van der Waals surface area contributed by atoms with Crippen molar-refractivity contribution >= 4 is 33.2 Å². The van der Waals surface area contributed by atoms with Crippen molar-refractivity contribution in [3.05, 3.63) is 43.0 Å². The molecule has 0 radical (unpaired) electrons. The average molecular weight is 358 g/mol. The lowest BCUT2D eigenvalue weighted by Crippen LogP contribution is -2.25. The van der Waals surface area contributed by atoms with Gasteiger partial charge < -0.3 is 4.90 Å². The van der Waals surface area contributed by atoms with Gasteiger partial charge in [0.05, 0.1) is 10.6 Å². The summed E-state index contributed by atoms with van der Waals surface area (Å²) in [7, 11) is 0. The number of amides is 1. The van der Waals surface area contributed by atoms with Crippen molar-refractivity contribution in [3.8, 4) is 0 Å². The molecule has 1 aromatic carbocycles. The van der Waals surface area contributed by atoms with Gasteiger partial charge in [0.15, 0.2) is 0 Å². The summed E-state index contributed by atoms with van der Waals surface area (Å²) in [5, 5.41) is 14.2. The summed E-state index contributed by atoms with van der Waals surface area (Å²) in [4.78, 5) is 25.9. The van der Waals surface area contributed by atoms with E-state index in [0.717, 1.165) is 12.1 Å². The number of benzene rings is 1. The molecule has 1 aromatic rings. The van der Waals surface area contributed by atoms with Gasteiger partial charge in [-0.2, -0.15) is 4.39 Å². The smallest absolute Gasteiger partial charge is 0.306 e. The molecular weight excluding hydrogens is 349 g/mol. The first kappa shape index (κ1) is 15.2. The predicted molar refractivity (Wildman–Crippen MR) is 75.2 cm³/mol. The minimum absolute atomic E-state index is 0.163. The number of anilines is 1. The number of halogens is 2. The summed E-state index contributed by atoms with van der Waals surface area (Å²) in [5.41, 5.74) is 7.82. The maximum Gasteiger partial charge on any atom is 0.306 e. The van der Waals surface area contributed by atoms with Crippen molar-refractivity contribution in [2.75, 3.05) is 18.0 Å². The molecule has 10 heteroatoms. The molecule has 21 heavy (non-hydrogen) atoms. The number of rotatable bonds is 4.